The van der Waals surface area contributed by atoms with Crippen LogP contribution >= 0.6 is 0 Å². The van der Waals surface area contributed by atoms with Gasteiger partial charge in [0.05, 0.1) is 31.3 Å². The van der Waals surface area contributed by atoms with Crippen molar-refractivity contribution in [2.45, 2.75) is 70.7 Å². The Bertz CT molecular complexity index is 254. The van der Waals surface area contributed by atoms with E-state index in [0.717, 1.165) is 32.1 Å². The Hall–Kier alpha value is -0.610. The van der Waals surface area contributed by atoms with E-state index in [1.807, 2.05) is 6.92 Å². The van der Waals surface area contributed by atoms with Crippen LogP contribution in [-0.4, -0.2) is 36.5 Å². The number of carbonyl (C=O) groups is 1. The van der Waals surface area contributed by atoms with Gasteiger partial charge in [-0.25, -0.2) is 0 Å². The molecule has 106 valence electrons. The van der Waals surface area contributed by atoms with Gasteiger partial charge in [-0.15, -0.1) is 0 Å². The van der Waals surface area contributed by atoms with Crippen molar-refractivity contribution < 1.29 is 19.4 Å². The van der Waals surface area contributed by atoms with E-state index in [1.165, 1.54) is 7.11 Å². The van der Waals surface area contributed by atoms with E-state index >= 15 is 0 Å². The first-order chi connectivity index (χ1) is 8.62. The highest BCUT2D eigenvalue weighted by molar-refractivity contribution is 5.72. The lowest BCUT2D eigenvalue weighted by atomic mass is 9.97. The van der Waals surface area contributed by atoms with Crippen molar-refractivity contribution in [1.82, 2.24) is 0 Å². The summed E-state index contributed by atoms with van der Waals surface area (Å²) in [5.74, 6) is -0.347. The van der Waals surface area contributed by atoms with Crippen molar-refractivity contribution in [2.75, 3.05) is 7.11 Å². The molecule has 18 heavy (non-hydrogen) atoms. The van der Waals surface area contributed by atoms with Crippen molar-refractivity contribution in [3.05, 3.63) is 0 Å². The minimum absolute atomic E-state index is 0.0405. The quantitative estimate of drug-likeness (QED) is 0.712. The second-order valence-electron chi connectivity index (χ2n) is 5.09. The first kappa shape index (κ1) is 15.4. The molecule has 0 aromatic carbocycles. The average Bonchev–Trinajstić information content (AvgIpc) is 2.78. The molecule has 0 bridgehead atoms. The second-order valence-corrected chi connectivity index (χ2v) is 5.09. The Morgan fingerprint density at radius 2 is 2.17 bits per heavy atom. The fourth-order valence-corrected chi connectivity index (χ4v) is 2.69. The van der Waals surface area contributed by atoms with Crippen LogP contribution in [0.25, 0.3) is 0 Å². The van der Waals surface area contributed by atoms with Crippen LogP contribution in [0.2, 0.25) is 0 Å². The molecule has 4 heteroatoms. The second kappa shape index (κ2) is 7.74. The maximum atomic E-state index is 11.6. The predicted octanol–water partition coefficient (Wildman–Crippen LogP) is 2.28. The molecule has 1 aliphatic rings. The molecule has 1 fully saturated rings. The molecule has 0 aromatic heterocycles. The van der Waals surface area contributed by atoms with Gasteiger partial charge in [-0.3, -0.25) is 4.79 Å². The van der Waals surface area contributed by atoms with E-state index < -0.39 is 0 Å². The van der Waals surface area contributed by atoms with Crippen LogP contribution in [0.4, 0.5) is 0 Å². The summed E-state index contributed by atoms with van der Waals surface area (Å²) in [6, 6.07) is 0. The van der Waals surface area contributed by atoms with Crippen molar-refractivity contribution >= 4 is 5.97 Å². The van der Waals surface area contributed by atoms with Crippen molar-refractivity contribution in [1.29, 1.82) is 0 Å². The third-order valence-corrected chi connectivity index (χ3v) is 3.69. The lowest BCUT2D eigenvalue weighted by Gasteiger charge is -2.21. The van der Waals surface area contributed by atoms with Crippen molar-refractivity contribution in [3.63, 3.8) is 0 Å². The normalized spacial score (nSPS) is 26.9. The number of methoxy groups -OCH3 is 1. The van der Waals surface area contributed by atoms with Gasteiger partial charge in [0.1, 0.15) is 0 Å². The first-order valence-corrected chi connectivity index (χ1v) is 7.03. The highest BCUT2D eigenvalue weighted by atomic mass is 16.5. The summed E-state index contributed by atoms with van der Waals surface area (Å²) in [5.41, 5.74) is 0. The molecule has 1 heterocycles. The van der Waals surface area contributed by atoms with Gasteiger partial charge < -0.3 is 14.6 Å². The monoisotopic (exact) mass is 258 g/mol. The van der Waals surface area contributed by atoms with Crippen molar-refractivity contribution in [3.8, 4) is 0 Å². The summed E-state index contributed by atoms with van der Waals surface area (Å²) in [7, 11) is 1.42. The zero-order chi connectivity index (χ0) is 13.5. The fourth-order valence-electron chi connectivity index (χ4n) is 2.69. The molecule has 1 rings (SSSR count). The van der Waals surface area contributed by atoms with E-state index in [2.05, 4.69) is 6.92 Å². The number of hydrogen-bond donors (Lipinski definition) is 1. The molecule has 0 aliphatic carbocycles. The maximum Gasteiger partial charge on any atom is 0.311 e. The van der Waals surface area contributed by atoms with Gasteiger partial charge >= 0.3 is 5.97 Å². The molecule has 0 unspecified atom stereocenters. The van der Waals surface area contributed by atoms with E-state index in [1.54, 1.807) is 0 Å². The lowest BCUT2D eigenvalue weighted by molar-refractivity contribution is -0.151. The molecule has 1 saturated heterocycles. The molecule has 1 N–H and O–H groups in total. The summed E-state index contributed by atoms with van der Waals surface area (Å²) in [4.78, 5) is 11.6. The van der Waals surface area contributed by atoms with E-state index in [-0.39, 0.29) is 30.2 Å². The van der Waals surface area contributed by atoms with Crippen LogP contribution in [0, 0.1) is 5.92 Å². The van der Waals surface area contributed by atoms with Gasteiger partial charge in [-0.1, -0.05) is 20.3 Å². The molecule has 0 aromatic rings. The number of aliphatic hydroxyl groups excluding tert-OH is 1. The summed E-state index contributed by atoms with van der Waals surface area (Å²) in [6.45, 7) is 4.04. The number of aliphatic hydroxyl groups is 1. The molecule has 0 radical (unpaired) electrons. The summed E-state index contributed by atoms with van der Waals surface area (Å²) >= 11 is 0. The number of esters is 1. The Morgan fingerprint density at radius 3 is 2.72 bits per heavy atom. The number of ether oxygens (including phenoxy) is 2. The first-order valence-electron chi connectivity index (χ1n) is 7.03. The van der Waals surface area contributed by atoms with Gasteiger partial charge in [-0.2, -0.15) is 0 Å². The molecule has 1 aliphatic heterocycles. The van der Waals surface area contributed by atoms with Crippen molar-refractivity contribution in [2.24, 2.45) is 5.92 Å². The smallest absolute Gasteiger partial charge is 0.311 e. The van der Waals surface area contributed by atoms with E-state index in [0.29, 0.717) is 6.42 Å². The van der Waals surface area contributed by atoms with E-state index in [4.69, 9.17) is 9.47 Å². The zero-order valence-corrected chi connectivity index (χ0v) is 11.7. The largest absolute Gasteiger partial charge is 0.469 e. The number of rotatable bonds is 7. The number of hydrogen-bond acceptors (Lipinski definition) is 4. The summed E-state index contributed by atoms with van der Waals surface area (Å²) in [5, 5.41) is 9.78. The minimum atomic E-state index is -0.281. The van der Waals surface area contributed by atoms with Crippen LogP contribution in [-0.2, 0) is 14.3 Å². The Labute approximate surface area is 110 Å². The lowest BCUT2D eigenvalue weighted by Crippen LogP contribution is -2.29. The SMILES string of the molecule is CCC[C@H](O)C[C@@H]1CC[C@H]([C@@H](CC)C(=O)OC)O1. The molecule has 0 amide bonds. The third kappa shape index (κ3) is 4.25. The van der Waals surface area contributed by atoms with Gasteiger partial charge in [0.15, 0.2) is 0 Å². The highest BCUT2D eigenvalue weighted by Gasteiger charge is 2.35. The molecule has 4 nitrogen and oxygen atoms in total. The van der Waals surface area contributed by atoms with Crippen LogP contribution in [0.1, 0.15) is 52.4 Å². The number of carbonyl (C=O) groups excluding carboxylic acids is 1. The summed E-state index contributed by atoms with van der Waals surface area (Å²) < 4.78 is 10.7. The predicted molar refractivity (Wildman–Crippen MR) is 69.2 cm³/mol. The highest BCUT2D eigenvalue weighted by Crippen LogP contribution is 2.30. The Kier molecular flexibility index (Phi) is 6.65. The Balaban J connectivity index is 2.42. The van der Waals surface area contributed by atoms with Gasteiger partial charge in [0.2, 0.25) is 0 Å². The molecule has 0 saturated carbocycles. The molecule has 0 spiro atoms. The maximum absolute atomic E-state index is 11.6. The van der Waals surface area contributed by atoms with Crippen LogP contribution in [0.3, 0.4) is 0 Å². The summed E-state index contributed by atoms with van der Waals surface area (Å²) in [6.07, 6.45) is 4.81. The topological polar surface area (TPSA) is 55.8 Å². The average molecular weight is 258 g/mol. The van der Waals surface area contributed by atoms with Crippen LogP contribution < -0.4 is 0 Å². The molecule has 4 atom stereocenters. The Morgan fingerprint density at radius 1 is 1.44 bits per heavy atom. The van der Waals surface area contributed by atoms with Gasteiger partial charge in [0.25, 0.3) is 0 Å². The molecular formula is C14H26O4. The molecular weight excluding hydrogens is 232 g/mol. The van der Waals surface area contributed by atoms with E-state index in [9.17, 15) is 9.90 Å². The van der Waals surface area contributed by atoms with Gasteiger partial charge in [0, 0.05) is 0 Å². The van der Waals surface area contributed by atoms with Crippen LogP contribution in [0.15, 0.2) is 0 Å². The standard InChI is InChI=1S/C14H26O4/c1-4-6-10(15)9-11-7-8-13(18-11)12(5-2)14(16)17-3/h10-13,15H,4-9H2,1-3H3/t10-,11-,12+,13+/m0/s1. The fraction of sp³-hybridized carbons (Fsp3) is 0.929. The third-order valence-electron chi connectivity index (χ3n) is 3.69. The zero-order valence-electron chi connectivity index (χ0n) is 11.7. The van der Waals surface area contributed by atoms with Gasteiger partial charge in [-0.05, 0) is 32.1 Å². The minimum Gasteiger partial charge on any atom is -0.469 e. The van der Waals surface area contributed by atoms with Crippen LogP contribution in [0.5, 0.6) is 0 Å².